The molecule has 4 nitrogen and oxygen atoms in total. The molecular formula is C15H18O4. The first kappa shape index (κ1) is 13.6. The van der Waals surface area contributed by atoms with Gasteiger partial charge in [-0.3, -0.25) is 9.59 Å². The number of Topliss-reactive ketones (excluding diaryl/α,β-unsaturated/α-hetero) is 1. The van der Waals surface area contributed by atoms with E-state index in [1.54, 1.807) is 39.0 Å². The molecule has 1 heterocycles. The van der Waals surface area contributed by atoms with Crippen molar-refractivity contribution in [3.8, 4) is 5.75 Å². The quantitative estimate of drug-likeness (QED) is 0.769. The third-order valence-electron chi connectivity index (χ3n) is 2.80. The minimum atomic E-state index is -0.534. The lowest BCUT2D eigenvalue weighted by molar-refractivity contribution is -0.155. The van der Waals surface area contributed by atoms with E-state index in [-0.39, 0.29) is 24.8 Å². The molecule has 0 N–H and O–H groups in total. The van der Waals surface area contributed by atoms with Crippen LogP contribution in [0.2, 0.25) is 0 Å². The number of hydrogen-bond acceptors (Lipinski definition) is 4. The first-order valence-corrected chi connectivity index (χ1v) is 6.35. The maximum absolute atomic E-state index is 12.2. The fourth-order valence-corrected chi connectivity index (χ4v) is 2.02. The molecule has 1 aliphatic heterocycles. The first-order chi connectivity index (χ1) is 8.87. The zero-order chi connectivity index (χ0) is 14.0. The minimum absolute atomic E-state index is 0.0484. The van der Waals surface area contributed by atoms with E-state index in [2.05, 4.69) is 0 Å². The van der Waals surface area contributed by atoms with E-state index in [0.29, 0.717) is 11.3 Å². The summed E-state index contributed by atoms with van der Waals surface area (Å²) in [4.78, 5) is 24.0. The molecule has 4 heteroatoms. The zero-order valence-corrected chi connectivity index (χ0v) is 11.4. The Morgan fingerprint density at radius 1 is 1.37 bits per heavy atom. The third-order valence-corrected chi connectivity index (χ3v) is 2.80. The summed E-state index contributed by atoms with van der Waals surface area (Å²) in [5.41, 5.74) is 0.00964. The first-order valence-electron chi connectivity index (χ1n) is 6.35. The lowest BCUT2D eigenvalue weighted by atomic mass is 9.92. The molecule has 2 rings (SSSR count). The number of benzene rings is 1. The molecule has 19 heavy (non-hydrogen) atoms. The number of hydrogen-bond donors (Lipinski definition) is 0. The van der Waals surface area contributed by atoms with Crippen LogP contribution in [0.5, 0.6) is 5.75 Å². The maximum atomic E-state index is 12.2. The number of ketones is 1. The molecule has 0 radical (unpaired) electrons. The number of carbonyl (C=O) groups excluding carboxylic acids is 2. The van der Waals surface area contributed by atoms with Crippen molar-refractivity contribution < 1.29 is 19.1 Å². The van der Waals surface area contributed by atoms with Gasteiger partial charge in [-0.05, 0) is 32.9 Å². The second kappa shape index (κ2) is 5.03. The van der Waals surface area contributed by atoms with Gasteiger partial charge in [0.05, 0.1) is 24.5 Å². The molecule has 0 saturated carbocycles. The summed E-state index contributed by atoms with van der Waals surface area (Å²) in [7, 11) is 0. The van der Waals surface area contributed by atoms with Gasteiger partial charge < -0.3 is 9.47 Å². The van der Waals surface area contributed by atoms with E-state index in [1.807, 2.05) is 6.07 Å². The fourth-order valence-electron chi connectivity index (χ4n) is 2.02. The average molecular weight is 262 g/mol. The molecule has 0 unspecified atom stereocenters. The molecule has 0 fully saturated rings. The van der Waals surface area contributed by atoms with E-state index in [1.165, 1.54) is 0 Å². The Morgan fingerprint density at radius 2 is 2.05 bits per heavy atom. The van der Waals surface area contributed by atoms with Crippen molar-refractivity contribution in [3.63, 3.8) is 0 Å². The van der Waals surface area contributed by atoms with Gasteiger partial charge in [0.25, 0.3) is 0 Å². The number of fused-ring (bicyclic) bond motifs is 1. The van der Waals surface area contributed by atoms with Crippen LogP contribution in [0.1, 0.15) is 37.6 Å². The molecule has 0 amide bonds. The highest BCUT2D eigenvalue weighted by atomic mass is 16.6. The van der Waals surface area contributed by atoms with Crippen molar-refractivity contribution in [1.82, 2.24) is 0 Å². The van der Waals surface area contributed by atoms with Gasteiger partial charge in [0, 0.05) is 0 Å². The Hall–Kier alpha value is -1.84. The van der Waals surface area contributed by atoms with Crippen LogP contribution in [0.15, 0.2) is 24.3 Å². The van der Waals surface area contributed by atoms with Crippen LogP contribution in [0.3, 0.4) is 0 Å². The molecule has 0 saturated heterocycles. The molecule has 1 aromatic carbocycles. The Bertz CT molecular complexity index is 499. The number of para-hydroxylation sites is 1. The van der Waals surface area contributed by atoms with E-state index < -0.39 is 11.5 Å². The average Bonchev–Trinajstić information content (AvgIpc) is 2.31. The smallest absolute Gasteiger partial charge is 0.307 e. The Labute approximate surface area is 112 Å². The molecule has 0 bridgehead atoms. The standard InChI is InChI=1S/C15H18O4/c1-15(2,3)19-13(16)8-10-9-18-12-7-5-4-6-11(12)14(10)17/h4-7,10H,8-9H2,1-3H3/t10-/m1/s1. The molecule has 0 spiro atoms. The Kier molecular flexibility index (Phi) is 3.60. The van der Waals surface area contributed by atoms with Gasteiger partial charge in [0.1, 0.15) is 11.4 Å². The van der Waals surface area contributed by atoms with Gasteiger partial charge >= 0.3 is 5.97 Å². The van der Waals surface area contributed by atoms with Gasteiger partial charge in [-0.2, -0.15) is 0 Å². The highest BCUT2D eigenvalue weighted by Gasteiger charge is 2.31. The monoisotopic (exact) mass is 262 g/mol. The maximum Gasteiger partial charge on any atom is 0.307 e. The molecule has 1 aliphatic rings. The van der Waals surface area contributed by atoms with Crippen LogP contribution >= 0.6 is 0 Å². The van der Waals surface area contributed by atoms with Gasteiger partial charge in [-0.1, -0.05) is 12.1 Å². The largest absolute Gasteiger partial charge is 0.492 e. The van der Waals surface area contributed by atoms with Crippen molar-refractivity contribution in [3.05, 3.63) is 29.8 Å². The van der Waals surface area contributed by atoms with Gasteiger partial charge in [0.15, 0.2) is 5.78 Å². The number of esters is 1. The number of rotatable bonds is 2. The summed E-state index contributed by atoms with van der Waals surface area (Å²) in [5.74, 6) is -0.278. The highest BCUT2D eigenvalue weighted by molar-refractivity contribution is 6.02. The lowest BCUT2D eigenvalue weighted by Crippen LogP contribution is -2.32. The van der Waals surface area contributed by atoms with Crippen molar-refractivity contribution in [1.29, 1.82) is 0 Å². The van der Waals surface area contributed by atoms with E-state index in [9.17, 15) is 9.59 Å². The minimum Gasteiger partial charge on any atom is -0.492 e. The lowest BCUT2D eigenvalue weighted by Gasteiger charge is -2.25. The van der Waals surface area contributed by atoms with Crippen LogP contribution in [0.4, 0.5) is 0 Å². The summed E-state index contributed by atoms with van der Waals surface area (Å²) < 4.78 is 10.7. The molecule has 0 aliphatic carbocycles. The topological polar surface area (TPSA) is 52.6 Å². The summed E-state index contributed by atoms with van der Waals surface area (Å²) in [5, 5.41) is 0. The predicted octanol–water partition coefficient (Wildman–Crippen LogP) is 2.61. The molecular weight excluding hydrogens is 244 g/mol. The van der Waals surface area contributed by atoms with Crippen molar-refractivity contribution in [2.24, 2.45) is 5.92 Å². The van der Waals surface area contributed by atoms with Gasteiger partial charge in [-0.15, -0.1) is 0 Å². The van der Waals surface area contributed by atoms with E-state index >= 15 is 0 Å². The van der Waals surface area contributed by atoms with E-state index in [0.717, 1.165) is 0 Å². The van der Waals surface area contributed by atoms with Crippen molar-refractivity contribution in [2.75, 3.05) is 6.61 Å². The summed E-state index contributed by atoms with van der Waals surface area (Å²) >= 11 is 0. The van der Waals surface area contributed by atoms with Crippen LogP contribution < -0.4 is 4.74 Å². The Balaban J connectivity index is 2.05. The van der Waals surface area contributed by atoms with Crippen LogP contribution in [0.25, 0.3) is 0 Å². The Morgan fingerprint density at radius 3 is 2.74 bits per heavy atom. The van der Waals surface area contributed by atoms with Gasteiger partial charge in [-0.25, -0.2) is 0 Å². The van der Waals surface area contributed by atoms with Crippen LogP contribution in [0, 0.1) is 5.92 Å². The normalized spacial score (nSPS) is 18.5. The summed E-state index contributed by atoms with van der Waals surface area (Å²) in [6.07, 6.45) is 0.0600. The second-order valence-electron chi connectivity index (χ2n) is 5.66. The molecule has 1 atom stereocenters. The molecule has 102 valence electrons. The third kappa shape index (κ3) is 3.34. The highest BCUT2D eigenvalue weighted by Crippen LogP contribution is 2.28. The van der Waals surface area contributed by atoms with Crippen molar-refractivity contribution in [2.45, 2.75) is 32.8 Å². The molecule has 0 aromatic heterocycles. The van der Waals surface area contributed by atoms with Crippen LogP contribution in [-0.4, -0.2) is 24.0 Å². The number of carbonyl (C=O) groups is 2. The predicted molar refractivity (Wildman–Crippen MR) is 70.2 cm³/mol. The number of ether oxygens (including phenoxy) is 2. The van der Waals surface area contributed by atoms with E-state index in [4.69, 9.17) is 9.47 Å². The molecule has 1 aromatic rings. The van der Waals surface area contributed by atoms with Crippen LogP contribution in [-0.2, 0) is 9.53 Å². The fraction of sp³-hybridized carbons (Fsp3) is 0.467. The summed E-state index contributed by atoms with van der Waals surface area (Å²) in [6, 6.07) is 7.09. The SMILES string of the molecule is CC(C)(C)OC(=O)C[C@@H]1COc2ccccc2C1=O. The van der Waals surface area contributed by atoms with Gasteiger partial charge in [0.2, 0.25) is 0 Å². The van der Waals surface area contributed by atoms with Crippen molar-refractivity contribution >= 4 is 11.8 Å². The summed E-state index contributed by atoms with van der Waals surface area (Å²) in [6.45, 7) is 5.65. The second-order valence-corrected chi connectivity index (χ2v) is 5.66. The zero-order valence-electron chi connectivity index (χ0n) is 11.4.